The van der Waals surface area contributed by atoms with Crippen molar-refractivity contribution >= 4 is 29.0 Å². The van der Waals surface area contributed by atoms with E-state index >= 15 is 0 Å². The van der Waals surface area contributed by atoms with Crippen LogP contribution in [0, 0.1) is 12.8 Å². The second kappa shape index (κ2) is 12.0. The largest absolute Gasteiger partial charge is 0.418 e. The van der Waals surface area contributed by atoms with Gasteiger partial charge in [0.05, 0.1) is 29.6 Å². The van der Waals surface area contributed by atoms with Crippen LogP contribution in [0.3, 0.4) is 0 Å². The van der Waals surface area contributed by atoms with Gasteiger partial charge in [-0.2, -0.15) is 0 Å². The molecule has 0 saturated carbocycles. The van der Waals surface area contributed by atoms with Crippen molar-refractivity contribution in [3.63, 3.8) is 0 Å². The molecule has 10 heteroatoms. The summed E-state index contributed by atoms with van der Waals surface area (Å²) in [6, 6.07) is 19.7. The average Bonchev–Trinajstić information content (AvgIpc) is 3.38. The number of carbonyl (C=O) groups excluding carboxylic acids is 3. The molecule has 0 fully saturated rings. The lowest BCUT2D eigenvalue weighted by molar-refractivity contribution is -0.123. The van der Waals surface area contributed by atoms with Gasteiger partial charge in [0.15, 0.2) is 0 Å². The van der Waals surface area contributed by atoms with Crippen molar-refractivity contribution in [3.8, 4) is 0 Å². The Labute approximate surface area is 237 Å². The van der Waals surface area contributed by atoms with Crippen molar-refractivity contribution in [1.29, 1.82) is 0 Å². The van der Waals surface area contributed by atoms with Crippen LogP contribution < -0.4 is 10.2 Å². The zero-order chi connectivity index (χ0) is 28.9. The number of ketones is 1. The predicted molar refractivity (Wildman–Crippen MR) is 153 cm³/mol. The van der Waals surface area contributed by atoms with E-state index in [9.17, 15) is 14.4 Å². The molecular formula is C31H30N6O4. The Balaban J connectivity index is 1.32. The minimum atomic E-state index is -0.924. The first-order chi connectivity index (χ1) is 19.8. The minimum Gasteiger partial charge on any atom is -0.418 e. The highest BCUT2D eigenvalue weighted by atomic mass is 16.4. The molecular weight excluding hydrogens is 520 g/mol. The molecule has 0 spiro atoms. The number of hydrogen-bond acceptors (Lipinski definition) is 8. The fraction of sp³-hybridized carbons (Fsp3) is 0.258. The Morgan fingerprint density at radius 2 is 1.83 bits per heavy atom. The molecule has 208 valence electrons. The molecule has 3 heterocycles. The number of nitrogens with zero attached hydrogens (tertiary/aromatic N) is 5. The lowest BCUT2D eigenvalue weighted by Gasteiger charge is -2.25. The Bertz CT molecular complexity index is 1610. The van der Waals surface area contributed by atoms with Gasteiger partial charge >= 0.3 is 0 Å². The van der Waals surface area contributed by atoms with Gasteiger partial charge in [0, 0.05) is 11.8 Å². The number of amides is 2. The topological polar surface area (TPSA) is 131 Å². The Morgan fingerprint density at radius 3 is 2.59 bits per heavy atom. The first-order valence-corrected chi connectivity index (χ1v) is 13.4. The van der Waals surface area contributed by atoms with E-state index in [0.717, 1.165) is 11.1 Å². The van der Waals surface area contributed by atoms with E-state index in [1.165, 1.54) is 4.90 Å². The van der Waals surface area contributed by atoms with Crippen molar-refractivity contribution in [1.82, 2.24) is 20.5 Å². The molecule has 2 aromatic carbocycles. The highest BCUT2D eigenvalue weighted by Crippen LogP contribution is 2.26. The number of rotatable bonds is 9. The summed E-state index contributed by atoms with van der Waals surface area (Å²) in [7, 11) is 0. The second-order valence-electron chi connectivity index (χ2n) is 10.2. The minimum absolute atomic E-state index is 0.147. The van der Waals surface area contributed by atoms with Gasteiger partial charge in [0.1, 0.15) is 13.1 Å². The van der Waals surface area contributed by atoms with E-state index in [0.29, 0.717) is 35.0 Å². The number of aromatic nitrogens is 3. The van der Waals surface area contributed by atoms with E-state index in [1.807, 2.05) is 69.3 Å². The number of para-hydroxylation sites is 1. The van der Waals surface area contributed by atoms with Crippen LogP contribution >= 0.6 is 0 Å². The van der Waals surface area contributed by atoms with Crippen LogP contribution in [-0.4, -0.2) is 57.6 Å². The maximum Gasteiger partial charge on any atom is 0.286 e. The monoisotopic (exact) mass is 550 g/mol. The number of aliphatic imine (C=N–C) groups is 1. The Hall–Kier alpha value is -4.99. The van der Waals surface area contributed by atoms with Gasteiger partial charge in [-0.3, -0.25) is 24.4 Å². The third-order valence-electron chi connectivity index (χ3n) is 6.71. The Kier molecular flexibility index (Phi) is 8.09. The van der Waals surface area contributed by atoms with Crippen LogP contribution in [0.5, 0.6) is 0 Å². The van der Waals surface area contributed by atoms with Crippen molar-refractivity contribution in [2.24, 2.45) is 10.9 Å². The van der Waals surface area contributed by atoms with E-state index < -0.39 is 17.7 Å². The molecule has 0 saturated heterocycles. The summed E-state index contributed by atoms with van der Waals surface area (Å²) in [5, 5.41) is 10.8. The van der Waals surface area contributed by atoms with Crippen molar-refractivity contribution in [2.45, 2.75) is 33.2 Å². The first-order valence-electron chi connectivity index (χ1n) is 13.4. The van der Waals surface area contributed by atoms with Crippen molar-refractivity contribution in [2.75, 3.05) is 18.0 Å². The SMILES string of the molecule is Cc1cccc(Cc2nnc(C(=O)[C@@H](NC(=O)CN3C(=O)CN=C(c4ccccn4)c4ccccc43)C(C)C)o2)c1. The number of benzodiazepines with no additional fused rings is 1. The number of aryl methyl sites for hydroxylation is 1. The lowest BCUT2D eigenvalue weighted by atomic mass is 9.99. The standard InChI is InChI=1S/C31H30N6O4/c1-19(2)28(30(40)31-36-35-26(41-31)16-21-10-8-9-20(3)15-21)34-25(38)18-37-24-13-5-4-11-22(24)29(33-17-27(37)39)23-12-6-7-14-32-23/h4-15,19,28H,16-18H2,1-3H3,(H,34,38)/t28-/m0/s1. The van der Waals surface area contributed by atoms with Crippen molar-refractivity contribution < 1.29 is 18.8 Å². The number of pyridine rings is 1. The predicted octanol–water partition coefficient (Wildman–Crippen LogP) is 3.57. The number of fused-ring (bicyclic) bond motifs is 1. The van der Waals surface area contributed by atoms with Crippen LogP contribution in [0.1, 0.15) is 52.8 Å². The highest BCUT2D eigenvalue weighted by molar-refractivity contribution is 6.19. The van der Waals surface area contributed by atoms with Crippen LogP contribution in [0.2, 0.25) is 0 Å². The molecule has 5 rings (SSSR count). The normalized spacial score (nSPS) is 13.8. The van der Waals surface area contributed by atoms with E-state index in [-0.39, 0.29) is 30.8 Å². The van der Waals surface area contributed by atoms with Crippen molar-refractivity contribution in [3.05, 3.63) is 107 Å². The molecule has 41 heavy (non-hydrogen) atoms. The van der Waals surface area contributed by atoms with Gasteiger partial charge < -0.3 is 14.6 Å². The maximum atomic E-state index is 13.3. The van der Waals surface area contributed by atoms with Crippen LogP contribution in [-0.2, 0) is 16.0 Å². The summed E-state index contributed by atoms with van der Waals surface area (Å²) in [5.74, 6) is -1.46. The molecule has 1 N–H and O–H groups in total. The number of Topliss-reactive ketones (excluding diaryl/α,β-unsaturated/α-hetero) is 1. The van der Waals surface area contributed by atoms with E-state index in [4.69, 9.17) is 4.42 Å². The first kappa shape index (κ1) is 27.6. The zero-order valence-electron chi connectivity index (χ0n) is 23.1. The van der Waals surface area contributed by atoms with Crippen LogP contribution in [0.4, 0.5) is 5.69 Å². The van der Waals surface area contributed by atoms with Gasteiger partial charge in [0.2, 0.25) is 23.5 Å². The smallest absolute Gasteiger partial charge is 0.286 e. The van der Waals surface area contributed by atoms with Gasteiger partial charge in [-0.15, -0.1) is 10.2 Å². The Morgan fingerprint density at radius 1 is 1.02 bits per heavy atom. The third-order valence-corrected chi connectivity index (χ3v) is 6.71. The molecule has 2 aromatic heterocycles. The molecule has 1 aliphatic heterocycles. The highest BCUT2D eigenvalue weighted by Gasteiger charge is 2.32. The number of nitrogens with one attached hydrogen (secondary N) is 1. The lowest BCUT2D eigenvalue weighted by Crippen LogP contribution is -2.49. The molecule has 0 bridgehead atoms. The fourth-order valence-corrected chi connectivity index (χ4v) is 4.71. The molecule has 4 aromatic rings. The number of carbonyl (C=O) groups is 3. The fourth-order valence-electron chi connectivity index (χ4n) is 4.71. The average molecular weight is 551 g/mol. The molecule has 1 atom stereocenters. The molecule has 2 amide bonds. The molecule has 10 nitrogen and oxygen atoms in total. The van der Waals surface area contributed by atoms with E-state index in [1.54, 1.807) is 24.4 Å². The molecule has 1 aliphatic rings. The number of hydrogen-bond donors (Lipinski definition) is 1. The van der Waals surface area contributed by atoms with Gasteiger partial charge in [-0.05, 0) is 36.6 Å². The zero-order valence-corrected chi connectivity index (χ0v) is 23.1. The molecule has 0 aliphatic carbocycles. The van der Waals surface area contributed by atoms with Gasteiger partial charge in [-0.1, -0.05) is 67.9 Å². The van der Waals surface area contributed by atoms with E-state index in [2.05, 4.69) is 25.5 Å². The van der Waals surface area contributed by atoms with Crippen LogP contribution in [0.15, 0.2) is 82.3 Å². The number of benzene rings is 2. The summed E-state index contributed by atoms with van der Waals surface area (Å²) in [6.45, 7) is 5.18. The number of anilines is 1. The summed E-state index contributed by atoms with van der Waals surface area (Å²) < 4.78 is 5.68. The van der Waals surface area contributed by atoms with Crippen LogP contribution in [0.25, 0.3) is 0 Å². The molecule has 0 radical (unpaired) electrons. The quantitative estimate of drug-likeness (QED) is 0.315. The second-order valence-corrected chi connectivity index (χ2v) is 10.2. The summed E-state index contributed by atoms with van der Waals surface area (Å²) >= 11 is 0. The van der Waals surface area contributed by atoms with Gasteiger partial charge in [-0.25, -0.2) is 0 Å². The summed E-state index contributed by atoms with van der Waals surface area (Å²) in [4.78, 5) is 50.1. The van der Waals surface area contributed by atoms with Gasteiger partial charge in [0.25, 0.3) is 5.89 Å². The molecule has 0 unspecified atom stereocenters. The summed E-state index contributed by atoms with van der Waals surface area (Å²) in [6.07, 6.45) is 2.05. The maximum absolute atomic E-state index is 13.3. The third kappa shape index (κ3) is 6.27. The summed E-state index contributed by atoms with van der Waals surface area (Å²) in [5.41, 5.74) is 4.52.